The van der Waals surface area contributed by atoms with Crippen LogP contribution in [0.4, 0.5) is 5.69 Å². The maximum absolute atomic E-state index is 12.3. The van der Waals surface area contributed by atoms with Gasteiger partial charge >= 0.3 is 0 Å². The Morgan fingerprint density at radius 2 is 1.64 bits per heavy atom. The van der Waals surface area contributed by atoms with Gasteiger partial charge in [0.15, 0.2) is 6.54 Å². The Labute approximate surface area is 149 Å². The highest BCUT2D eigenvalue weighted by Crippen LogP contribution is 2.09. The molecule has 0 bridgehead atoms. The smallest absolute Gasteiger partial charge is 0.275 e. The number of quaternary nitrogens is 1. The van der Waals surface area contributed by atoms with Crippen molar-refractivity contribution in [3.05, 3.63) is 65.7 Å². The highest BCUT2D eigenvalue weighted by atomic mass is 16.2. The Bertz CT molecular complexity index is 684. The van der Waals surface area contributed by atoms with Gasteiger partial charge in [0.05, 0.1) is 6.54 Å². The third-order valence-electron chi connectivity index (χ3n) is 3.99. The minimum Gasteiger partial charge on any atom is -0.351 e. The van der Waals surface area contributed by atoms with Crippen LogP contribution in [-0.2, 0) is 11.3 Å². The second-order valence-corrected chi connectivity index (χ2v) is 5.93. The monoisotopic (exact) mass is 340 g/mol. The van der Waals surface area contributed by atoms with Crippen LogP contribution < -0.4 is 15.5 Å². The molecule has 5 heteroatoms. The van der Waals surface area contributed by atoms with Gasteiger partial charge in [0.2, 0.25) is 0 Å². The van der Waals surface area contributed by atoms with Crippen molar-refractivity contribution in [2.45, 2.75) is 20.4 Å². The molecule has 132 valence electrons. The molecular weight excluding hydrogens is 314 g/mol. The van der Waals surface area contributed by atoms with Crippen LogP contribution in [0.2, 0.25) is 0 Å². The van der Waals surface area contributed by atoms with Gasteiger partial charge in [-0.15, -0.1) is 0 Å². The van der Waals surface area contributed by atoms with E-state index in [9.17, 15) is 9.59 Å². The molecule has 2 rings (SSSR count). The fraction of sp³-hybridized carbons (Fsp3) is 0.300. The maximum Gasteiger partial charge on any atom is 0.275 e. The number of rotatable bonds is 8. The molecule has 0 aromatic heterocycles. The summed E-state index contributed by atoms with van der Waals surface area (Å²) in [5, 5.41) is 5.70. The summed E-state index contributed by atoms with van der Waals surface area (Å²) in [4.78, 5) is 25.2. The van der Waals surface area contributed by atoms with Crippen LogP contribution in [0.3, 0.4) is 0 Å². The quantitative estimate of drug-likeness (QED) is 0.682. The molecule has 2 amide bonds. The van der Waals surface area contributed by atoms with E-state index in [4.69, 9.17) is 0 Å². The van der Waals surface area contributed by atoms with Gasteiger partial charge in [0.25, 0.3) is 11.8 Å². The molecular formula is C20H26N3O2+. The summed E-state index contributed by atoms with van der Waals surface area (Å²) in [6.45, 7) is 6.72. The number of carbonyl (C=O) groups is 2. The summed E-state index contributed by atoms with van der Waals surface area (Å²) in [6.07, 6.45) is 0. The number of amides is 2. The van der Waals surface area contributed by atoms with E-state index in [1.807, 2.05) is 61.5 Å². The standard InChI is InChI=1S/C20H25N3O2/c1-3-21-19(24)15-23(4-2)14-16-10-12-17(13-11-16)20(25)22-18-8-6-5-7-9-18/h5-13H,3-4,14-15H2,1-2H3,(H,21,24)(H,22,25)/p+1. The van der Waals surface area contributed by atoms with E-state index in [1.54, 1.807) is 0 Å². The Balaban J connectivity index is 1.94. The summed E-state index contributed by atoms with van der Waals surface area (Å²) in [7, 11) is 0. The van der Waals surface area contributed by atoms with E-state index in [1.165, 1.54) is 4.90 Å². The minimum atomic E-state index is -0.125. The van der Waals surface area contributed by atoms with E-state index < -0.39 is 0 Å². The molecule has 0 aliphatic heterocycles. The molecule has 5 nitrogen and oxygen atoms in total. The lowest BCUT2D eigenvalue weighted by atomic mass is 10.1. The van der Waals surface area contributed by atoms with Crippen LogP contribution in [0.15, 0.2) is 54.6 Å². The lowest BCUT2D eigenvalue weighted by molar-refractivity contribution is -0.904. The number of hydrogen-bond donors (Lipinski definition) is 3. The zero-order valence-corrected chi connectivity index (χ0v) is 14.8. The van der Waals surface area contributed by atoms with Crippen molar-refractivity contribution < 1.29 is 14.5 Å². The van der Waals surface area contributed by atoms with Crippen LogP contribution in [0.5, 0.6) is 0 Å². The molecule has 0 aliphatic rings. The normalized spacial score (nSPS) is 11.6. The molecule has 25 heavy (non-hydrogen) atoms. The molecule has 3 N–H and O–H groups in total. The van der Waals surface area contributed by atoms with Crippen LogP contribution >= 0.6 is 0 Å². The first-order valence-electron chi connectivity index (χ1n) is 8.68. The average molecular weight is 340 g/mol. The maximum atomic E-state index is 12.3. The molecule has 1 atom stereocenters. The highest BCUT2D eigenvalue weighted by molar-refractivity contribution is 6.04. The van der Waals surface area contributed by atoms with Crippen molar-refractivity contribution in [3.8, 4) is 0 Å². The summed E-state index contributed by atoms with van der Waals surface area (Å²) in [6, 6.07) is 16.9. The van der Waals surface area contributed by atoms with Gasteiger partial charge in [-0.05, 0) is 38.1 Å². The number of hydrogen-bond acceptors (Lipinski definition) is 2. The van der Waals surface area contributed by atoms with E-state index in [-0.39, 0.29) is 11.8 Å². The lowest BCUT2D eigenvalue weighted by Gasteiger charge is -2.17. The molecule has 0 spiro atoms. The number of carbonyl (C=O) groups excluding carboxylic acids is 2. The lowest BCUT2D eigenvalue weighted by Crippen LogP contribution is -3.11. The van der Waals surface area contributed by atoms with Crippen molar-refractivity contribution in [1.82, 2.24) is 5.32 Å². The predicted octanol–water partition coefficient (Wildman–Crippen LogP) is 1.48. The SMILES string of the molecule is CCNC(=O)C[NH+](CC)Cc1ccc(C(=O)Nc2ccccc2)cc1. The third-order valence-corrected chi connectivity index (χ3v) is 3.99. The summed E-state index contributed by atoms with van der Waals surface area (Å²) >= 11 is 0. The molecule has 0 heterocycles. The average Bonchev–Trinajstić information content (AvgIpc) is 2.62. The summed E-state index contributed by atoms with van der Waals surface area (Å²) in [5.74, 6) is -0.0574. The fourth-order valence-corrected chi connectivity index (χ4v) is 2.59. The molecule has 2 aromatic rings. The van der Waals surface area contributed by atoms with E-state index in [0.717, 1.165) is 24.3 Å². The van der Waals surface area contributed by atoms with Crippen LogP contribution in [0.25, 0.3) is 0 Å². The Morgan fingerprint density at radius 1 is 0.960 bits per heavy atom. The molecule has 0 saturated heterocycles. The molecule has 1 unspecified atom stereocenters. The minimum absolute atomic E-state index is 0.0678. The van der Waals surface area contributed by atoms with Crippen LogP contribution in [0, 0.1) is 0 Å². The number of nitrogens with one attached hydrogen (secondary N) is 3. The van der Waals surface area contributed by atoms with Gasteiger partial charge in [-0.25, -0.2) is 0 Å². The number of para-hydroxylation sites is 1. The Kier molecular flexibility index (Phi) is 7.16. The van der Waals surface area contributed by atoms with E-state index >= 15 is 0 Å². The van der Waals surface area contributed by atoms with Crippen LogP contribution in [0.1, 0.15) is 29.8 Å². The van der Waals surface area contributed by atoms with Crippen molar-refractivity contribution in [2.75, 3.05) is 25.0 Å². The van der Waals surface area contributed by atoms with Gasteiger partial charge in [-0.3, -0.25) is 9.59 Å². The number of benzene rings is 2. The third kappa shape index (κ3) is 6.04. The Hall–Kier alpha value is -2.66. The van der Waals surface area contributed by atoms with Crippen molar-refractivity contribution in [2.24, 2.45) is 0 Å². The van der Waals surface area contributed by atoms with Gasteiger partial charge in [0.1, 0.15) is 6.54 Å². The topological polar surface area (TPSA) is 62.6 Å². The zero-order chi connectivity index (χ0) is 18.1. The largest absolute Gasteiger partial charge is 0.351 e. The van der Waals surface area contributed by atoms with Crippen LogP contribution in [-0.4, -0.2) is 31.4 Å². The molecule has 0 saturated carbocycles. The summed E-state index contributed by atoms with van der Waals surface area (Å²) in [5.41, 5.74) is 2.51. The van der Waals surface area contributed by atoms with Crippen molar-refractivity contribution in [3.63, 3.8) is 0 Å². The first kappa shape index (κ1) is 18.7. The molecule has 0 fully saturated rings. The first-order chi connectivity index (χ1) is 12.1. The second-order valence-electron chi connectivity index (χ2n) is 5.93. The van der Waals surface area contributed by atoms with Gasteiger partial charge in [0, 0.05) is 23.4 Å². The first-order valence-corrected chi connectivity index (χ1v) is 8.68. The van der Waals surface area contributed by atoms with Crippen molar-refractivity contribution >= 4 is 17.5 Å². The summed E-state index contributed by atoms with van der Waals surface area (Å²) < 4.78 is 0. The highest BCUT2D eigenvalue weighted by Gasteiger charge is 2.13. The predicted molar refractivity (Wildman–Crippen MR) is 99.6 cm³/mol. The Morgan fingerprint density at radius 3 is 2.24 bits per heavy atom. The van der Waals surface area contributed by atoms with Gasteiger partial charge < -0.3 is 15.5 Å². The van der Waals surface area contributed by atoms with Gasteiger partial charge in [-0.2, -0.15) is 0 Å². The van der Waals surface area contributed by atoms with E-state index in [0.29, 0.717) is 18.7 Å². The molecule has 2 aromatic carbocycles. The molecule has 0 radical (unpaired) electrons. The molecule has 0 aliphatic carbocycles. The van der Waals surface area contributed by atoms with Crippen molar-refractivity contribution in [1.29, 1.82) is 0 Å². The van der Waals surface area contributed by atoms with Gasteiger partial charge in [-0.1, -0.05) is 30.3 Å². The van der Waals surface area contributed by atoms with E-state index in [2.05, 4.69) is 17.6 Å². The fourth-order valence-electron chi connectivity index (χ4n) is 2.59. The number of likely N-dealkylation sites (N-methyl/N-ethyl adjacent to an activating group) is 2. The zero-order valence-electron chi connectivity index (χ0n) is 14.8. The number of anilines is 1. The second kappa shape index (κ2) is 9.59.